The molecular weight excluding hydrogens is 553 g/mol. The minimum Gasteiger partial charge on any atom is -0.436 e. The van der Waals surface area contributed by atoms with E-state index in [1.54, 1.807) is 18.2 Å². The van der Waals surface area contributed by atoms with Crippen molar-refractivity contribution in [3.05, 3.63) is 84.4 Å². The number of benzene rings is 3. The van der Waals surface area contributed by atoms with Crippen LogP contribution >= 0.6 is 38.5 Å². The van der Waals surface area contributed by atoms with Gasteiger partial charge >= 0.3 is 0 Å². The molecule has 7 nitrogen and oxygen atoms in total. The highest BCUT2D eigenvalue weighted by molar-refractivity contribution is 14.1. The van der Waals surface area contributed by atoms with Crippen molar-refractivity contribution in [2.75, 3.05) is 5.32 Å². The lowest BCUT2D eigenvalue weighted by Crippen LogP contribution is -2.12. The Morgan fingerprint density at radius 2 is 1.97 bits per heavy atom. The van der Waals surface area contributed by atoms with Gasteiger partial charge in [0.2, 0.25) is 5.89 Å². The molecule has 0 bridgehead atoms. The van der Waals surface area contributed by atoms with Gasteiger partial charge in [-0.3, -0.25) is 14.9 Å². The van der Waals surface area contributed by atoms with Gasteiger partial charge < -0.3 is 9.73 Å². The van der Waals surface area contributed by atoms with Crippen LogP contribution < -0.4 is 5.32 Å². The van der Waals surface area contributed by atoms with Gasteiger partial charge in [-0.2, -0.15) is 0 Å². The first kappa shape index (κ1) is 19.5. The number of anilines is 1. The van der Waals surface area contributed by atoms with Crippen LogP contribution in [-0.4, -0.2) is 15.8 Å². The van der Waals surface area contributed by atoms with Gasteiger partial charge in [0.15, 0.2) is 5.58 Å². The molecule has 0 aliphatic heterocycles. The van der Waals surface area contributed by atoms with Crippen LogP contribution in [0.1, 0.15) is 10.4 Å². The van der Waals surface area contributed by atoms with Crippen LogP contribution in [0.25, 0.3) is 22.6 Å². The van der Waals surface area contributed by atoms with Crippen LogP contribution in [0, 0.1) is 13.7 Å². The summed E-state index contributed by atoms with van der Waals surface area (Å²) in [6.07, 6.45) is 0. The summed E-state index contributed by atoms with van der Waals surface area (Å²) < 4.78 is 7.33. The molecule has 4 aromatic rings. The number of nitrogens with zero attached hydrogens (tertiary/aromatic N) is 2. The number of amides is 1. The highest BCUT2D eigenvalue weighted by Crippen LogP contribution is 2.28. The number of fused-ring (bicyclic) bond motifs is 1. The highest BCUT2D eigenvalue weighted by atomic mass is 127. The topological polar surface area (TPSA) is 98.3 Å². The molecule has 0 saturated heterocycles. The number of oxazole rings is 1. The summed E-state index contributed by atoms with van der Waals surface area (Å²) in [6.45, 7) is 0. The minimum atomic E-state index is -0.545. The Balaban J connectivity index is 1.63. The number of carbonyl (C=O) groups excluding carboxylic acids is 1. The molecule has 1 N–H and O–H groups in total. The molecule has 1 heterocycles. The Morgan fingerprint density at radius 1 is 1.14 bits per heavy atom. The maximum absolute atomic E-state index is 12.6. The molecule has 9 heteroatoms. The predicted octanol–water partition coefficient (Wildman–Crippen LogP) is 6.02. The number of nitro benzene ring substituents is 1. The number of non-ortho nitro benzene ring substituents is 1. The lowest BCUT2D eigenvalue weighted by Gasteiger charge is -2.06. The van der Waals surface area contributed by atoms with E-state index < -0.39 is 10.8 Å². The number of nitro groups is 1. The fourth-order valence-electron chi connectivity index (χ4n) is 2.75. The van der Waals surface area contributed by atoms with Crippen molar-refractivity contribution in [3.63, 3.8) is 0 Å². The quantitative estimate of drug-likeness (QED) is 0.186. The molecule has 0 fully saturated rings. The van der Waals surface area contributed by atoms with E-state index in [0.29, 0.717) is 27.2 Å². The molecule has 0 aliphatic carbocycles. The van der Waals surface area contributed by atoms with Crippen LogP contribution in [0.5, 0.6) is 0 Å². The molecule has 1 aromatic heterocycles. The monoisotopic (exact) mass is 563 g/mol. The maximum atomic E-state index is 12.6. The Morgan fingerprint density at radius 3 is 2.72 bits per heavy atom. The summed E-state index contributed by atoms with van der Waals surface area (Å²) in [4.78, 5) is 27.5. The van der Waals surface area contributed by atoms with Gasteiger partial charge in [0, 0.05) is 31.4 Å². The lowest BCUT2D eigenvalue weighted by atomic mass is 10.2. The molecule has 3 aromatic carbocycles. The first-order chi connectivity index (χ1) is 13.9. The fourth-order valence-corrected chi connectivity index (χ4v) is 3.72. The van der Waals surface area contributed by atoms with Crippen LogP contribution in [0.15, 0.2) is 69.6 Å². The second kappa shape index (κ2) is 7.91. The van der Waals surface area contributed by atoms with E-state index in [2.05, 4.69) is 48.8 Å². The van der Waals surface area contributed by atoms with Gasteiger partial charge in [0.05, 0.1) is 10.5 Å². The first-order valence-electron chi connectivity index (χ1n) is 8.32. The zero-order valence-corrected chi connectivity index (χ0v) is 18.3. The lowest BCUT2D eigenvalue weighted by molar-refractivity contribution is -0.384. The van der Waals surface area contributed by atoms with Crippen LogP contribution in [0.2, 0.25) is 0 Å². The summed E-state index contributed by atoms with van der Waals surface area (Å²) in [5.41, 5.74) is 2.55. The summed E-state index contributed by atoms with van der Waals surface area (Å²) in [5, 5.41) is 13.7. The number of carbonyl (C=O) groups is 1. The Kier molecular flexibility index (Phi) is 5.33. The molecule has 29 heavy (non-hydrogen) atoms. The molecule has 0 atom stereocenters. The van der Waals surface area contributed by atoms with Crippen molar-refractivity contribution in [3.8, 4) is 11.5 Å². The Bertz CT molecular complexity index is 1270. The zero-order valence-electron chi connectivity index (χ0n) is 14.6. The maximum Gasteiger partial charge on any atom is 0.270 e. The van der Waals surface area contributed by atoms with Crippen LogP contribution in [0.3, 0.4) is 0 Å². The van der Waals surface area contributed by atoms with Crippen molar-refractivity contribution < 1.29 is 14.1 Å². The molecule has 1 amide bonds. The molecular formula is C20H11BrIN3O4. The van der Waals surface area contributed by atoms with E-state index >= 15 is 0 Å². The van der Waals surface area contributed by atoms with E-state index in [1.165, 1.54) is 18.2 Å². The fraction of sp³-hybridized carbons (Fsp3) is 0. The van der Waals surface area contributed by atoms with Crippen molar-refractivity contribution in [2.24, 2.45) is 0 Å². The second-order valence-electron chi connectivity index (χ2n) is 6.09. The summed E-state index contributed by atoms with van der Waals surface area (Å²) in [7, 11) is 0. The molecule has 0 aliphatic rings. The van der Waals surface area contributed by atoms with Gasteiger partial charge in [-0.25, -0.2) is 4.98 Å². The van der Waals surface area contributed by atoms with Crippen LogP contribution in [0.4, 0.5) is 11.4 Å². The molecule has 4 rings (SSSR count). The summed E-state index contributed by atoms with van der Waals surface area (Å²) >= 11 is 5.48. The number of aromatic nitrogens is 1. The van der Waals surface area contributed by atoms with E-state index in [9.17, 15) is 14.9 Å². The molecule has 144 valence electrons. The van der Waals surface area contributed by atoms with Crippen molar-refractivity contribution in [1.29, 1.82) is 0 Å². The zero-order chi connectivity index (χ0) is 20.5. The predicted molar refractivity (Wildman–Crippen MR) is 121 cm³/mol. The number of halogens is 2. The van der Waals surface area contributed by atoms with Gasteiger partial charge in [0.25, 0.3) is 11.6 Å². The standard InChI is InChI=1S/C20H11BrIN3O4/c21-16-6-5-14(25(27)28)10-15(16)19(26)23-13-4-7-18-17(9-13)24-20(29-18)11-2-1-3-12(22)8-11/h1-10H,(H,23,26). The summed E-state index contributed by atoms with van der Waals surface area (Å²) in [5.74, 6) is 0.0182. The number of hydrogen-bond acceptors (Lipinski definition) is 5. The third-order valence-electron chi connectivity index (χ3n) is 4.12. The van der Waals surface area contributed by atoms with Crippen molar-refractivity contribution in [1.82, 2.24) is 4.98 Å². The number of hydrogen-bond donors (Lipinski definition) is 1. The smallest absolute Gasteiger partial charge is 0.270 e. The van der Waals surface area contributed by atoms with Gasteiger partial charge in [-0.15, -0.1) is 0 Å². The van der Waals surface area contributed by atoms with Gasteiger partial charge in [0.1, 0.15) is 5.52 Å². The summed E-state index contributed by atoms with van der Waals surface area (Å²) in [6, 6.07) is 16.9. The molecule has 0 unspecified atom stereocenters. The third kappa shape index (κ3) is 4.15. The average molecular weight is 564 g/mol. The molecule has 0 saturated carbocycles. The normalized spacial score (nSPS) is 10.8. The van der Waals surface area contributed by atoms with E-state index in [1.807, 2.05) is 24.3 Å². The molecule has 0 spiro atoms. The largest absolute Gasteiger partial charge is 0.436 e. The Labute approximate surface area is 186 Å². The van der Waals surface area contributed by atoms with Crippen molar-refractivity contribution in [2.45, 2.75) is 0 Å². The average Bonchev–Trinajstić information content (AvgIpc) is 3.11. The second-order valence-corrected chi connectivity index (χ2v) is 8.19. The van der Waals surface area contributed by atoms with E-state index in [0.717, 1.165) is 9.13 Å². The Hall–Kier alpha value is -2.79. The SMILES string of the molecule is O=C(Nc1ccc2oc(-c3cccc(I)c3)nc2c1)c1cc([N+](=O)[O-])ccc1Br. The molecule has 0 radical (unpaired) electrons. The number of nitrogens with one attached hydrogen (secondary N) is 1. The van der Waals surface area contributed by atoms with Crippen LogP contribution in [-0.2, 0) is 0 Å². The van der Waals surface area contributed by atoms with Gasteiger partial charge in [-0.1, -0.05) is 6.07 Å². The van der Waals surface area contributed by atoms with Gasteiger partial charge in [-0.05, 0) is 81.0 Å². The first-order valence-corrected chi connectivity index (χ1v) is 10.2. The van der Waals surface area contributed by atoms with E-state index in [4.69, 9.17) is 4.42 Å². The minimum absolute atomic E-state index is 0.160. The third-order valence-corrected chi connectivity index (χ3v) is 5.48. The van der Waals surface area contributed by atoms with E-state index in [-0.39, 0.29) is 11.3 Å². The highest BCUT2D eigenvalue weighted by Gasteiger charge is 2.16. The van der Waals surface area contributed by atoms with Crippen molar-refractivity contribution >= 4 is 66.9 Å². The number of rotatable bonds is 4.